The van der Waals surface area contributed by atoms with Gasteiger partial charge in [-0.2, -0.15) is 0 Å². The van der Waals surface area contributed by atoms with E-state index in [1.807, 2.05) is 4.90 Å². The molecule has 2 aliphatic rings. The minimum atomic E-state index is -0.524. The molecule has 0 aromatic carbocycles. The Hall–Kier alpha value is -2.09. The van der Waals surface area contributed by atoms with Crippen molar-refractivity contribution < 1.29 is 9.53 Å². The van der Waals surface area contributed by atoms with Crippen LogP contribution in [0, 0.1) is 11.3 Å². The zero-order valence-corrected chi connectivity index (χ0v) is 13.7. The first-order valence-corrected chi connectivity index (χ1v) is 7.72. The predicted octanol–water partition coefficient (Wildman–Crippen LogP) is -1.33. The zero-order chi connectivity index (χ0) is 16.8. The number of amides is 1. The molecule has 1 aromatic heterocycles. The van der Waals surface area contributed by atoms with Crippen LogP contribution in [0.25, 0.3) is 0 Å². The van der Waals surface area contributed by atoms with E-state index in [1.165, 1.54) is 17.7 Å². The Kier molecular flexibility index (Phi) is 3.79. The number of anilines is 1. The molecule has 0 aliphatic carbocycles. The van der Waals surface area contributed by atoms with E-state index in [9.17, 15) is 14.4 Å². The Bertz CT molecular complexity index is 753. The standard InChI is InChI=1S/C15H22N4O4/c1-16-13(21)15-4-5-23-8-10(15)7-19(9-15)11-6-12(20)18(3)14(22)17(11)2/h6,10H,4-5,7-9H2,1-3H3,(H,16,21). The molecule has 23 heavy (non-hydrogen) atoms. The van der Waals surface area contributed by atoms with E-state index in [0.717, 1.165) is 4.57 Å². The number of rotatable bonds is 2. The molecule has 2 unspecified atom stereocenters. The molecule has 8 nitrogen and oxygen atoms in total. The number of hydrogen-bond acceptors (Lipinski definition) is 5. The highest BCUT2D eigenvalue weighted by atomic mass is 16.5. The van der Waals surface area contributed by atoms with E-state index >= 15 is 0 Å². The van der Waals surface area contributed by atoms with Crippen LogP contribution in [0.3, 0.4) is 0 Å². The van der Waals surface area contributed by atoms with Gasteiger partial charge >= 0.3 is 5.69 Å². The van der Waals surface area contributed by atoms with Crippen LogP contribution in [0.4, 0.5) is 5.82 Å². The fraction of sp³-hybridized carbons (Fsp3) is 0.667. The van der Waals surface area contributed by atoms with Crippen LogP contribution in [-0.2, 0) is 23.6 Å². The van der Waals surface area contributed by atoms with Gasteiger partial charge in [-0.3, -0.25) is 18.7 Å². The first-order valence-electron chi connectivity index (χ1n) is 7.72. The minimum Gasteiger partial charge on any atom is -0.381 e. The summed E-state index contributed by atoms with van der Waals surface area (Å²) in [6.45, 7) is 2.14. The largest absolute Gasteiger partial charge is 0.381 e. The molecule has 0 saturated carbocycles. The highest BCUT2D eigenvalue weighted by molar-refractivity contribution is 5.84. The SMILES string of the molecule is CNC(=O)C12CCOCC1CN(c1cc(=O)n(C)c(=O)n1C)C2. The number of carbonyl (C=O) groups is 1. The molecule has 2 fully saturated rings. The van der Waals surface area contributed by atoms with Crippen molar-refractivity contribution in [2.75, 3.05) is 38.3 Å². The van der Waals surface area contributed by atoms with E-state index in [0.29, 0.717) is 38.5 Å². The fourth-order valence-electron chi connectivity index (χ4n) is 3.77. The summed E-state index contributed by atoms with van der Waals surface area (Å²) in [5, 5.41) is 2.76. The first kappa shape index (κ1) is 15.8. The van der Waals surface area contributed by atoms with Gasteiger partial charge in [0, 0.05) is 52.8 Å². The third-order valence-electron chi connectivity index (χ3n) is 5.21. The smallest absolute Gasteiger partial charge is 0.332 e. The highest BCUT2D eigenvalue weighted by Gasteiger charge is 2.53. The van der Waals surface area contributed by atoms with Crippen LogP contribution in [0.2, 0.25) is 0 Å². The molecule has 0 bridgehead atoms. The molecule has 8 heteroatoms. The number of nitrogens with zero attached hydrogens (tertiary/aromatic N) is 3. The van der Waals surface area contributed by atoms with E-state index < -0.39 is 5.41 Å². The maximum atomic E-state index is 12.5. The van der Waals surface area contributed by atoms with E-state index in [4.69, 9.17) is 4.74 Å². The van der Waals surface area contributed by atoms with Crippen molar-refractivity contribution >= 4 is 11.7 Å². The van der Waals surface area contributed by atoms with Gasteiger partial charge < -0.3 is 15.0 Å². The second kappa shape index (κ2) is 5.52. The lowest BCUT2D eigenvalue weighted by Crippen LogP contribution is -2.49. The molecule has 1 N–H and O–H groups in total. The van der Waals surface area contributed by atoms with Crippen LogP contribution < -0.4 is 21.5 Å². The van der Waals surface area contributed by atoms with Crippen LogP contribution in [0.5, 0.6) is 0 Å². The number of nitrogens with one attached hydrogen (secondary N) is 1. The van der Waals surface area contributed by atoms with Crippen molar-refractivity contribution in [1.29, 1.82) is 0 Å². The number of fused-ring (bicyclic) bond motifs is 1. The molecular weight excluding hydrogens is 300 g/mol. The Labute approximate surface area is 133 Å². The lowest BCUT2D eigenvalue weighted by Gasteiger charge is -2.36. The average Bonchev–Trinajstić information content (AvgIpc) is 2.95. The topological polar surface area (TPSA) is 85.6 Å². The maximum Gasteiger partial charge on any atom is 0.332 e. The normalized spacial score (nSPS) is 26.9. The second-order valence-electron chi connectivity index (χ2n) is 6.38. The minimum absolute atomic E-state index is 0.00198. The summed E-state index contributed by atoms with van der Waals surface area (Å²) >= 11 is 0. The second-order valence-corrected chi connectivity index (χ2v) is 6.38. The maximum absolute atomic E-state index is 12.5. The molecule has 3 heterocycles. The van der Waals surface area contributed by atoms with Crippen LogP contribution in [0.1, 0.15) is 6.42 Å². The first-order chi connectivity index (χ1) is 10.9. The quantitative estimate of drug-likeness (QED) is 0.729. The Morgan fingerprint density at radius 1 is 1.35 bits per heavy atom. The van der Waals surface area contributed by atoms with Crippen molar-refractivity contribution in [1.82, 2.24) is 14.5 Å². The molecule has 1 aromatic rings. The monoisotopic (exact) mass is 322 g/mol. The van der Waals surface area contributed by atoms with Gasteiger partial charge in [-0.15, -0.1) is 0 Å². The van der Waals surface area contributed by atoms with Crippen LogP contribution in [0.15, 0.2) is 15.7 Å². The summed E-state index contributed by atoms with van der Waals surface area (Å²) in [4.78, 5) is 38.6. The summed E-state index contributed by atoms with van der Waals surface area (Å²) in [7, 11) is 4.74. The van der Waals surface area contributed by atoms with E-state index in [2.05, 4.69) is 5.32 Å². The summed E-state index contributed by atoms with van der Waals surface area (Å²) < 4.78 is 8.07. The van der Waals surface area contributed by atoms with Gasteiger partial charge in [-0.1, -0.05) is 0 Å². The fourth-order valence-corrected chi connectivity index (χ4v) is 3.77. The average molecular weight is 322 g/mol. The summed E-state index contributed by atoms with van der Waals surface area (Å²) in [6.07, 6.45) is 0.645. The zero-order valence-electron chi connectivity index (χ0n) is 13.7. The molecule has 2 atom stereocenters. The molecule has 3 rings (SSSR count). The Morgan fingerprint density at radius 3 is 2.78 bits per heavy atom. The summed E-state index contributed by atoms with van der Waals surface area (Å²) in [5.41, 5.74) is -1.24. The van der Waals surface area contributed by atoms with E-state index in [1.54, 1.807) is 14.1 Å². The summed E-state index contributed by atoms with van der Waals surface area (Å²) in [6, 6.07) is 1.46. The molecule has 2 saturated heterocycles. The van der Waals surface area contributed by atoms with E-state index in [-0.39, 0.29) is 23.1 Å². The highest BCUT2D eigenvalue weighted by Crippen LogP contribution is 2.43. The van der Waals surface area contributed by atoms with Gasteiger partial charge in [0.25, 0.3) is 5.56 Å². The van der Waals surface area contributed by atoms with Gasteiger partial charge in [0.15, 0.2) is 0 Å². The number of ether oxygens (including phenoxy) is 1. The van der Waals surface area contributed by atoms with Crippen LogP contribution >= 0.6 is 0 Å². The van der Waals surface area contributed by atoms with Crippen molar-refractivity contribution in [3.8, 4) is 0 Å². The van der Waals surface area contributed by atoms with Crippen molar-refractivity contribution in [2.45, 2.75) is 6.42 Å². The number of hydrogen-bond donors (Lipinski definition) is 1. The lowest BCUT2D eigenvalue weighted by molar-refractivity contribution is -0.138. The molecular formula is C15H22N4O4. The van der Waals surface area contributed by atoms with Gasteiger partial charge in [0.1, 0.15) is 5.82 Å². The lowest BCUT2D eigenvalue weighted by atomic mass is 9.73. The molecule has 0 spiro atoms. The van der Waals surface area contributed by atoms with Crippen molar-refractivity contribution in [3.05, 3.63) is 26.9 Å². The molecule has 2 aliphatic heterocycles. The third kappa shape index (κ3) is 2.28. The van der Waals surface area contributed by atoms with Gasteiger partial charge in [0.05, 0.1) is 12.0 Å². The third-order valence-corrected chi connectivity index (χ3v) is 5.21. The van der Waals surface area contributed by atoms with Crippen molar-refractivity contribution in [3.63, 3.8) is 0 Å². The number of aromatic nitrogens is 2. The molecule has 126 valence electrons. The molecule has 1 amide bonds. The molecule has 0 radical (unpaired) electrons. The summed E-state index contributed by atoms with van der Waals surface area (Å²) in [5.74, 6) is 0.605. The predicted molar refractivity (Wildman–Crippen MR) is 84.6 cm³/mol. The number of carbonyl (C=O) groups excluding carboxylic acids is 1. The van der Waals surface area contributed by atoms with Gasteiger partial charge in [0.2, 0.25) is 5.91 Å². The van der Waals surface area contributed by atoms with Gasteiger partial charge in [-0.25, -0.2) is 4.79 Å². The van der Waals surface area contributed by atoms with Crippen LogP contribution in [-0.4, -0.2) is 48.4 Å². The Morgan fingerprint density at radius 2 is 2.09 bits per heavy atom. The van der Waals surface area contributed by atoms with Gasteiger partial charge in [-0.05, 0) is 6.42 Å². The Balaban J connectivity index is 2.03. The van der Waals surface area contributed by atoms with Crippen molar-refractivity contribution in [2.24, 2.45) is 25.4 Å².